The third-order valence-corrected chi connectivity index (χ3v) is 4.40. The second-order valence-electron chi connectivity index (χ2n) is 5.02. The molecule has 3 nitrogen and oxygen atoms in total. The maximum Gasteiger partial charge on any atom is 0.303 e. The van der Waals surface area contributed by atoms with Gasteiger partial charge in [0.05, 0.1) is 5.75 Å². The molecular formula is C10H20FNO2S. The van der Waals surface area contributed by atoms with Crippen molar-refractivity contribution in [2.45, 2.75) is 45.6 Å². The first-order valence-electron chi connectivity index (χ1n) is 5.45. The van der Waals surface area contributed by atoms with Crippen molar-refractivity contribution in [3.05, 3.63) is 0 Å². The van der Waals surface area contributed by atoms with Crippen LogP contribution in [0.25, 0.3) is 0 Å². The number of hydrogen-bond acceptors (Lipinski definition) is 3. The van der Waals surface area contributed by atoms with Gasteiger partial charge in [0.25, 0.3) is 0 Å². The molecule has 0 saturated heterocycles. The molecule has 1 unspecified atom stereocenters. The van der Waals surface area contributed by atoms with Crippen LogP contribution in [0.4, 0.5) is 3.89 Å². The summed E-state index contributed by atoms with van der Waals surface area (Å²) in [6, 6.07) is -0.231. The van der Waals surface area contributed by atoms with Crippen molar-refractivity contribution in [1.82, 2.24) is 0 Å². The quantitative estimate of drug-likeness (QED) is 0.759. The van der Waals surface area contributed by atoms with Gasteiger partial charge in [-0.15, -0.1) is 3.89 Å². The molecule has 0 heterocycles. The Balaban J connectivity index is 2.88. The van der Waals surface area contributed by atoms with E-state index in [1.54, 1.807) is 0 Å². The van der Waals surface area contributed by atoms with E-state index in [0.717, 1.165) is 25.7 Å². The van der Waals surface area contributed by atoms with Crippen LogP contribution >= 0.6 is 0 Å². The average Bonchev–Trinajstić information content (AvgIpc) is 2.49. The van der Waals surface area contributed by atoms with Crippen molar-refractivity contribution in [1.29, 1.82) is 0 Å². The molecule has 5 heteroatoms. The first-order chi connectivity index (χ1) is 6.77. The van der Waals surface area contributed by atoms with Gasteiger partial charge in [-0.2, -0.15) is 8.42 Å². The highest BCUT2D eigenvalue weighted by Crippen LogP contribution is 2.43. The van der Waals surface area contributed by atoms with Crippen LogP contribution in [0.2, 0.25) is 0 Å². The molecule has 90 valence electrons. The zero-order valence-electron chi connectivity index (χ0n) is 9.37. The summed E-state index contributed by atoms with van der Waals surface area (Å²) in [5.74, 6) is -0.218. The van der Waals surface area contributed by atoms with Gasteiger partial charge in [0.1, 0.15) is 0 Å². The molecule has 15 heavy (non-hydrogen) atoms. The highest BCUT2D eigenvalue weighted by Gasteiger charge is 2.44. The molecule has 2 N–H and O–H groups in total. The lowest BCUT2D eigenvalue weighted by molar-refractivity contribution is 0.215. The van der Waals surface area contributed by atoms with E-state index >= 15 is 0 Å². The Bertz CT molecular complexity index is 307. The molecule has 0 aromatic heterocycles. The molecule has 0 amide bonds. The zero-order valence-corrected chi connectivity index (χ0v) is 10.2. The second kappa shape index (κ2) is 4.37. The predicted molar refractivity (Wildman–Crippen MR) is 58.6 cm³/mol. The number of rotatable bonds is 4. The lowest BCUT2D eigenvalue weighted by Gasteiger charge is -2.36. The summed E-state index contributed by atoms with van der Waals surface area (Å²) in [7, 11) is -4.42. The van der Waals surface area contributed by atoms with Gasteiger partial charge in [-0.3, -0.25) is 0 Å². The molecule has 0 bridgehead atoms. The van der Waals surface area contributed by atoms with E-state index in [4.69, 9.17) is 5.73 Å². The fourth-order valence-corrected chi connectivity index (χ4v) is 3.87. The van der Waals surface area contributed by atoms with Gasteiger partial charge in [0, 0.05) is 11.5 Å². The standard InChI is InChI=1S/C10H20FNO2S/c1-8(2)9(12)10(5-3-4-6-10)7-15(11,13)14/h8-9H,3-7,12H2,1-2H3. The van der Waals surface area contributed by atoms with Crippen molar-refractivity contribution in [2.75, 3.05) is 5.75 Å². The average molecular weight is 237 g/mol. The van der Waals surface area contributed by atoms with Crippen molar-refractivity contribution >= 4 is 10.2 Å². The lowest BCUT2D eigenvalue weighted by atomic mass is 9.76. The lowest BCUT2D eigenvalue weighted by Crippen LogP contribution is -2.47. The zero-order chi connectivity index (χ0) is 11.7. The molecule has 1 rings (SSSR count). The van der Waals surface area contributed by atoms with Gasteiger partial charge in [-0.1, -0.05) is 26.7 Å². The van der Waals surface area contributed by atoms with Crippen molar-refractivity contribution in [2.24, 2.45) is 17.1 Å². The molecule has 0 radical (unpaired) electrons. The van der Waals surface area contributed by atoms with Crippen molar-refractivity contribution in [3.63, 3.8) is 0 Å². The number of nitrogens with two attached hydrogens (primary N) is 1. The monoisotopic (exact) mass is 237 g/mol. The first-order valence-corrected chi connectivity index (χ1v) is 7.00. The predicted octanol–water partition coefficient (Wildman–Crippen LogP) is 1.83. The van der Waals surface area contributed by atoms with Gasteiger partial charge in [0.2, 0.25) is 0 Å². The summed E-state index contributed by atoms with van der Waals surface area (Å²) in [4.78, 5) is 0. The highest BCUT2D eigenvalue weighted by molar-refractivity contribution is 7.86. The normalized spacial score (nSPS) is 23.3. The van der Waals surface area contributed by atoms with Crippen LogP contribution in [-0.2, 0) is 10.2 Å². The van der Waals surface area contributed by atoms with E-state index in [2.05, 4.69) is 0 Å². The SMILES string of the molecule is CC(C)C(N)C1(CS(=O)(=O)F)CCCC1. The molecule has 1 fully saturated rings. The molecule has 1 aliphatic carbocycles. The van der Waals surface area contributed by atoms with Crippen LogP contribution < -0.4 is 5.73 Å². The van der Waals surface area contributed by atoms with Gasteiger partial charge in [-0.05, 0) is 18.8 Å². The van der Waals surface area contributed by atoms with E-state index in [1.165, 1.54) is 0 Å². The Hall–Kier alpha value is -0.160. The molecule has 1 atom stereocenters. The summed E-state index contributed by atoms with van der Waals surface area (Å²) < 4.78 is 34.4. The summed E-state index contributed by atoms with van der Waals surface area (Å²) >= 11 is 0. The largest absolute Gasteiger partial charge is 0.327 e. The van der Waals surface area contributed by atoms with Gasteiger partial charge in [-0.25, -0.2) is 0 Å². The first kappa shape index (κ1) is 12.9. The molecule has 0 aromatic rings. The smallest absolute Gasteiger partial charge is 0.303 e. The van der Waals surface area contributed by atoms with E-state index in [1.807, 2.05) is 13.8 Å². The second-order valence-corrected chi connectivity index (χ2v) is 6.39. The van der Waals surface area contributed by atoms with Gasteiger partial charge >= 0.3 is 10.2 Å². The van der Waals surface area contributed by atoms with Crippen LogP contribution in [0, 0.1) is 11.3 Å². The molecule has 1 aliphatic rings. The fourth-order valence-electron chi connectivity index (χ4n) is 2.70. The minimum atomic E-state index is -4.42. The maximum absolute atomic E-state index is 12.8. The Kier molecular flexibility index (Phi) is 3.76. The van der Waals surface area contributed by atoms with Crippen molar-refractivity contribution < 1.29 is 12.3 Å². The maximum atomic E-state index is 12.8. The highest BCUT2D eigenvalue weighted by atomic mass is 32.3. The van der Waals surface area contributed by atoms with E-state index in [-0.39, 0.29) is 12.0 Å². The summed E-state index contributed by atoms with van der Waals surface area (Å²) in [6.07, 6.45) is 3.37. The molecule has 0 aromatic carbocycles. The Morgan fingerprint density at radius 2 is 1.80 bits per heavy atom. The molecule has 1 saturated carbocycles. The van der Waals surface area contributed by atoms with Crippen LogP contribution in [0.1, 0.15) is 39.5 Å². The number of halogens is 1. The third kappa shape index (κ3) is 3.14. The van der Waals surface area contributed by atoms with Gasteiger partial charge in [0.15, 0.2) is 0 Å². The third-order valence-electron chi connectivity index (χ3n) is 3.48. The minimum absolute atomic E-state index is 0.185. The molecule has 0 spiro atoms. The van der Waals surface area contributed by atoms with E-state index in [0.29, 0.717) is 0 Å². The van der Waals surface area contributed by atoms with Crippen molar-refractivity contribution in [3.8, 4) is 0 Å². The van der Waals surface area contributed by atoms with Crippen LogP contribution in [0.5, 0.6) is 0 Å². The van der Waals surface area contributed by atoms with Crippen LogP contribution in [0.3, 0.4) is 0 Å². The topological polar surface area (TPSA) is 60.2 Å². The number of hydrogen-bond donors (Lipinski definition) is 1. The van der Waals surface area contributed by atoms with Crippen LogP contribution in [0.15, 0.2) is 0 Å². The summed E-state index contributed by atoms with van der Waals surface area (Å²) in [5, 5.41) is 0. The van der Waals surface area contributed by atoms with E-state index in [9.17, 15) is 12.3 Å². The van der Waals surface area contributed by atoms with Crippen LogP contribution in [-0.4, -0.2) is 20.2 Å². The Morgan fingerprint density at radius 1 is 1.33 bits per heavy atom. The van der Waals surface area contributed by atoms with E-state index < -0.39 is 21.4 Å². The molecular weight excluding hydrogens is 217 g/mol. The van der Waals surface area contributed by atoms with Gasteiger partial charge < -0.3 is 5.73 Å². The summed E-state index contributed by atoms with van der Waals surface area (Å²) in [6.45, 7) is 3.91. The fraction of sp³-hybridized carbons (Fsp3) is 1.00. The molecule has 0 aliphatic heterocycles. The Morgan fingerprint density at radius 3 is 2.13 bits per heavy atom. The summed E-state index contributed by atoms with van der Waals surface area (Å²) in [5.41, 5.74) is 5.51. The minimum Gasteiger partial charge on any atom is -0.327 e. The Labute approximate surface area is 91.4 Å².